The standard InChI is InChI=1S/C17H22N2O/c1-20-17-11-5-4-10-16(17)19-12-6-9-15(19)13-18-14-7-2-3-8-14/h4-6,9-12,14,18H,2-3,7-8,13H2,1H3. The Kier molecular flexibility index (Phi) is 4.07. The summed E-state index contributed by atoms with van der Waals surface area (Å²) in [5, 5.41) is 3.67. The topological polar surface area (TPSA) is 26.2 Å². The highest BCUT2D eigenvalue weighted by Crippen LogP contribution is 2.24. The number of rotatable bonds is 5. The summed E-state index contributed by atoms with van der Waals surface area (Å²) < 4.78 is 7.67. The molecule has 3 rings (SSSR count). The number of ether oxygens (including phenoxy) is 1. The Morgan fingerprint density at radius 2 is 1.95 bits per heavy atom. The number of nitrogens with zero attached hydrogens (tertiary/aromatic N) is 1. The molecule has 1 aromatic heterocycles. The zero-order valence-electron chi connectivity index (χ0n) is 12.0. The first-order chi connectivity index (χ1) is 9.88. The summed E-state index contributed by atoms with van der Waals surface area (Å²) in [6.07, 6.45) is 7.46. The van der Waals surface area contributed by atoms with Crippen LogP contribution in [-0.4, -0.2) is 17.7 Å². The van der Waals surface area contributed by atoms with Gasteiger partial charge in [-0.15, -0.1) is 0 Å². The second-order valence-corrected chi connectivity index (χ2v) is 5.40. The number of methoxy groups -OCH3 is 1. The molecule has 0 atom stereocenters. The third-order valence-corrected chi connectivity index (χ3v) is 4.10. The largest absolute Gasteiger partial charge is 0.495 e. The number of hydrogen-bond donors (Lipinski definition) is 1. The lowest BCUT2D eigenvalue weighted by molar-refractivity contribution is 0.412. The van der Waals surface area contributed by atoms with Gasteiger partial charge in [0.1, 0.15) is 5.75 Å². The molecule has 0 radical (unpaired) electrons. The molecule has 1 saturated carbocycles. The van der Waals surface area contributed by atoms with Crippen LogP contribution in [0.15, 0.2) is 42.6 Å². The summed E-state index contributed by atoms with van der Waals surface area (Å²) >= 11 is 0. The van der Waals surface area contributed by atoms with Gasteiger partial charge in [0, 0.05) is 24.5 Å². The highest BCUT2D eigenvalue weighted by molar-refractivity contribution is 5.48. The third-order valence-electron chi connectivity index (χ3n) is 4.10. The van der Waals surface area contributed by atoms with E-state index in [4.69, 9.17) is 4.74 Å². The van der Waals surface area contributed by atoms with Crippen molar-refractivity contribution in [3.63, 3.8) is 0 Å². The minimum Gasteiger partial charge on any atom is -0.495 e. The predicted octanol–water partition coefficient (Wildman–Crippen LogP) is 3.52. The number of benzene rings is 1. The Labute approximate surface area is 120 Å². The molecule has 1 N–H and O–H groups in total. The Morgan fingerprint density at radius 1 is 1.15 bits per heavy atom. The molecule has 1 aliphatic carbocycles. The molecule has 0 unspecified atom stereocenters. The molecule has 0 saturated heterocycles. The van der Waals surface area contributed by atoms with Crippen LogP contribution >= 0.6 is 0 Å². The lowest BCUT2D eigenvalue weighted by Crippen LogP contribution is -2.26. The zero-order chi connectivity index (χ0) is 13.8. The summed E-state index contributed by atoms with van der Waals surface area (Å²) in [5.41, 5.74) is 2.38. The molecule has 106 valence electrons. The van der Waals surface area contributed by atoms with E-state index in [1.807, 2.05) is 18.2 Å². The highest BCUT2D eigenvalue weighted by Gasteiger charge is 2.15. The van der Waals surface area contributed by atoms with Crippen LogP contribution in [-0.2, 0) is 6.54 Å². The fourth-order valence-electron chi connectivity index (χ4n) is 3.00. The molecule has 20 heavy (non-hydrogen) atoms. The van der Waals surface area contributed by atoms with Gasteiger partial charge in [-0.2, -0.15) is 0 Å². The van der Waals surface area contributed by atoms with Crippen LogP contribution in [0.25, 0.3) is 5.69 Å². The quantitative estimate of drug-likeness (QED) is 0.899. The van der Waals surface area contributed by atoms with Gasteiger partial charge >= 0.3 is 0 Å². The molecule has 0 bridgehead atoms. The molecule has 3 nitrogen and oxygen atoms in total. The molecule has 1 aromatic carbocycles. The van der Waals surface area contributed by atoms with E-state index >= 15 is 0 Å². The SMILES string of the molecule is COc1ccccc1-n1cccc1CNC1CCCC1. The minimum absolute atomic E-state index is 0.691. The molecular formula is C17H22N2O. The first kappa shape index (κ1) is 13.3. The third kappa shape index (κ3) is 2.73. The fraction of sp³-hybridized carbons (Fsp3) is 0.412. The smallest absolute Gasteiger partial charge is 0.142 e. The summed E-state index contributed by atoms with van der Waals surface area (Å²) in [6.45, 7) is 0.912. The van der Waals surface area contributed by atoms with Crippen molar-refractivity contribution in [3.8, 4) is 11.4 Å². The Bertz CT molecular complexity index is 556. The average molecular weight is 270 g/mol. The second-order valence-electron chi connectivity index (χ2n) is 5.40. The first-order valence-electron chi connectivity index (χ1n) is 7.41. The maximum atomic E-state index is 5.46. The van der Waals surface area contributed by atoms with Gasteiger partial charge in [0.2, 0.25) is 0 Å². The average Bonchev–Trinajstić information content (AvgIpc) is 3.16. The van der Waals surface area contributed by atoms with Crippen molar-refractivity contribution in [1.82, 2.24) is 9.88 Å². The van der Waals surface area contributed by atoms with Gasteiger partial charge in [-0.1, -0.05) is 25.0 Å². The van der Waals surface area contributed by atoms with Crippen molar-refractivity contribution >= 4 is 0 Å². The van der Waals surface area contributed by atoms with Gasteiger partial charge in [0.15, 0.2) is 0 Å². The van der Waals surface area contributed by atoms with E-state index in [0.29, 0.717) is 6.04 Å². The molecule has 1 fully saturated rings. The van der Waals surface area contributed by atoms with E-state index in [9.17, 15) is 0 Å². The predicted molar refractivity (Wildman–Crippen MR) is 81.4 cm³/mol. The van der Waals surface area contributed by atoms with Gasteiger partial charge in [-0.05, 0) is 37.1 Å². The van der Waals surface area contributed by atoms with Crippen molar-refractivity contribution in [2.75, 3.05) is 7.11 Å². The maximum absolute atomic E-state index is 5.46. The van der Waals surface area contributed by atoms with Crippen LogP contribution in [0.3, 0.4) is 0 Å². The molecule has 3 heteroatoms. The summed E-state index contributed by atoms with van der Waals surface area (Å²) in [6, 6.07) is 13.1. The van der Waals surface area contributed by atoms with E-state index in [1.165, 1.54) is 31.4 Å². The first-order valence-corrected chi connectivity index (χ1v) is 7.41. The van der Waals surface area contributed by atoms with Crippen molar-refractivity contribution in [1.29, 1.82) is 0 Å². The molecular weight excluding hydrogens is 248 g/mol. The van der Waals surface area contributed by atoms with Gasteiger partial charge in [0.05, 0.1) is 12.8 Å². The van der Waals surface area contributed by atoms with E-state index in [-0.39, 0.29) is 0 Å². The van der Waals surface area contributed by atoms with Crippen LogP contribution < -0.4 is 10.1 Å². The number of hydrogen-bond acceptors (Lipinski definition) is 2. The Morgan fingerprint density at radius 3 is 2.75 bits per heavy atom. The fourth-order valence-corrected chi connectivity index (χ4v) is 3.00. The molecule has 1 heterocycles. The number of aromatic nitrogens is 1. The van der Waals surface area contributed by atoms with Crippen LogP contribution in [0, 0.1) is 0 Å². The van der Waals surface area contributed by atoms with E-state index in [2.05, 4.69) is 34.3 Å². The normalized spacial score (nSPS) is 15.7. The van der Waals surface area contributed by atoms with Crippen LogP contribution in [0.2, 0.25) is 0 Å². The van der Waals surface area contributed by atoms with Gasteiger partial charge in [-0.25, -0.2) is 0 Å². The minimum atomic E-state index is 0.691. The zero-order valence-corrected chi connectivity index (χ0v) is 12.0. The van der Waals surface area contributed by atoms with Crippen LogP contribution in [0.5, 0.6) is 5.75 Å². The van der Waals surface area contributed by atoms with Crippen molar-refractivity contribution < 1.29 is 4.74 Å². The van der Waals surface area contributed by atoms with Gasteiger partial charge in [-0.3, -0.25) is 0 Å². The van der Waals surface area contributed by atoms with Crippen LogP contribution in [0.1, 0.15) is 31.4 Å². The number of para-hydroxylation sites is 2. The van der Waals surface area contributed by atoms with Crippen molar-refractivity contribution in [2.24, 2.45) is 0 Å². The summed E-state index contributed by atoms with van der Waals surface area (Å²) in [5.74, 6) is 0.908. The van der Waals surface area contributed by atoms with Crippen LogP contribution in [0.4, 0.5) is 0 Å². The monoisotopic (exact) mass is 270 g/mol. The maximum Gasteiger partial charge on any atom is 0.142 e. The van der Waals surface area contributed by atoms with Crippen molar-refractivity contribution in [2.45, 2.75) is 38.3 Å². The highest BCUT2D eigenvalue weighted by atomic mass is 16.5. The molecule has 1 aliphatic rings. The van der Waals surface area contributed by atoms with E-state index in [0.717, 1.165) is 18.0 Å². The molecule has 0 spiro atoms. The summed E-state index contributed by atoms with van der Waals surface area (Å²) in [7, 11) is 1.72. The second kappa shape index (κ2) is 6.14. The van der Waals surface area contributed by atoms with Gasteiger partial charge < -0.3 is 14.6 Å². The molecule has 2 aromatic rings. The lowest BCUT2D eigenvalue weighted by Gasteiger charge is -2.16. The summed E-state index contributed by atoms with van der Waals surface area (Å²) in [4.78, 5) is 0. The molecule has 0 amide bonds. The van der Waals surface area contributed by atoms with E-state index in [1.54, 1.807) is 7.11 Å². The Balaban J connectivity index is 1.78. The van der Waals surface area contributed by atoms with Crippen molar-refractivity contribution in [3.05, 3.63) is 48.3 Å². The van der Waals surface area contributed by atoms with Gasteiger partial charge in [0.25, 0.3) is 0 Å². The molecule has 0 aliphatic heterocycles. The van der Waals surface area contributed by atoms with E-state index < -0.39 is 0 Å². The Hall–Kier alpha value is -1.74. The number of nitrogens with one attached hydrogen (secondary N) is 1. The lowest BCUT2D eigenvalue weighted by atomic mass is 10.2.